The number of aliphatic carboxylic acids is 1. The number of carboxylic acids is 1. The highest BCUT2D eigenvalue weighted by Crippen LogP contribution is 2.34. The highest BCUT2D eigenvalue weighted by molar-refractivity contribution is 5.83. The summed E-state index contributed by atoms with van der Waals surface area (Å²) >= 11 is 0. The SMILES string of the molecule is CCCCOc1ccc(-c2nc3ccccc3n2CC(=O)O)cc1OCC. The smallest absolute Gasteiger partial charge is 0.323 e. The summed E-state index contributed by atoms with van der Waals surface area (Å²) in [5.74, 6) is 1.01. The molecule has 0 saturated carbocycles. The molecule has 27 heavy (non-hydrogen) atoms. The van der Waals surface area contributed by atoms with Crippen LogP contribution in [-0.4, -0.2) is 33.8 Å². The Morgan fingerprint density at radius 2 is 1.93 bits per heavy atom. The minimum Gasteiger partial charge on any atom is -0.490 e. The van der Waals surface area contributed by atoms with Gasteiger partial charge < -0.3 is 19.1 Å². The van der Waals surface area contributed by atoms with Crippen LogP contribution in [0.15, 0.2) is 42.5 Å². The lowest BCUT2D eigenvalue weighted by Gasteiger charge is -2.14. The Bertz CT molecular complexity index is 933. The Morgan fingerprint density at radius 3 is 2.67 bits per heavy atom. The first-order valence-corrected chi connectivity index (χ1v) is 9.21. The maximum atomic E-state index is 11.4. The Hall–Kier alpha value is -3.02. The molecule has 0 fully saturated rings. The number of carboxylic acid groups (broad SMARTS) is 1. The number of fused-ring (bicyclic) bond motifs is 1. The van der Waals surface area contributed by atoms with Crippen LogP contribution < -0.4 is 9.47 Å². The van der Waals surface area contributed by atoms with Crippen molar-refractivity contribution in [3.05, 3.63) is 42.5 Å². The monoisotopic (exact) mass is 368 g/mol. The summed E-state index contributed by atoms with van der Waals surface area (Å²) in [5.41, 5.74) is 2.34. The minimum absolute atomic E-state index is 0.158. The van der Waals surface area contributed by atoms with Gasteiger partial charge in [-0.3, -0.25) is 4.79 Å². The van der Waals surface area contributed by atoms with Crippen molar-refractivity contribution in [2.75, 3.05) is 13.2 Å². The number of carbonyl (C=O) groups is 1. The molecule has 3 rings (SSSR count). The molecule has 0 saturated heterocycles. The Morgan fingerprint density at radius 1 is 1.11 bits per heavy atom. The Kier molecular flexibility index (Phi) is 5.96. The lowest BCUT2D eigenvalue weighted by Crippen LogP contribution is -2.10. The number of nitrogens with zero attached hydrogens (tertiary/aromatic N) is 2. The molecular weight excluding hydrogens is 344 g/mol. The van der Waals surface area contributed by atoms with E-state index in [4.69, 9.17) is 9.47 Å². The molecule has 0 spiro atoms. The number of rotatable bonds is 9. The van der Waals surface area contributed by atoms with Gasteiger partial charge in [-0.1, -0.05) is 25.5 Å². The van der Waals surface area contributed by atoms with Gasteiger partial charge in [-0.05, 0) is 43.7 Å². The second kappa shape index (κ2) is 8.58. The van der Waals surface area contributed by atoms with Crippen LogP contribution in [0, 0.1) is 0 Å². The zero-order valence-electron chi connectivity index (χ0n) is 15.6. The molecule has 1 aromatic heterocycles. The molecule has 6 heteroatoms. The number of unbranched alkanes of at least 4 members (excludes halogenated alkanes) is 1. The van der Waals surface area contributed by atoms with Gasteiger partial charge in [0.05, 0.1) is 24.2 Å². The average Bonchev–Trinajstić information content (AvgIpc) is 3.01. The summed E-state index contributed by atoms with van der Waals surface area (Å²) in [7, 11) is 0. The number of imidazole rings is 1. The summed E-state index contributed by atoms with van der Waals surface area (Å²) in [6, 6.07) is 13.1. The molecule has 142 valence electrons. The highest BCUT2D eigenvalue weighted by Gasteiger charge is 2.16. The Labute approximate surface area is 158 Å². The van der Waals surface area contributed by atoms with Crippen LogP contribution in [0.4, 0.5) is 0 Å². The van der Waals surface area contributed by atoms with Gasteiger partial charge in [-0.25, -0.2) is 4.98 Å². The van der Waals surface area contributed by atoms with Crippen LogP contribution in [0.1, 0.15) is 26.7 Å². The van der Waals surface area contributed by atoms with Crippen LogP contribution in [0.3, 0.4) is 0 Å². The quantitative estimate of drug-likeness (QED) is 0.568. The first kappa shape index (κ1) is 18.8. The van der Waals surface area contributed by atoms with Crippen molar-refractivity contribution in [3.63, 3.8) is 0 Å². The van der Waals surface area contributed by atoms with E-state index >= 15 is 0 Å². The summed E-state index contributed by atoms with van der Waals surface area (Å²) in [5, 5.41) is 9.33. The lowest BCUT2D eigenvalue weighted by molar-refractivity contribution is -0.137. The topological polar surface area (TPSA) is 73.6 Å². The van der Waals surface area contributed by atoms with Crippen molar-refractivity contribution in [2.45, 2.75) is 33.2 Å². The number of ether oxygens (including phenoxy) is 2. The van der Waals surface area contributed by atoms with Gasteiger partial charge >= 0.3 is 5.97 Å². The first-order chi connectivity index (χ1) is 13.1. The number of hydrogen-bond acceptors (Lipinski definition) is 4. The van der Waals surface area contributed by atoms with E-state index in [9.17, 15) is 9.90 Å². The van der Waals surface area contributed by atoms with E-state index in [1.165, 1.54) is 0 Å². The maximum absolute atomic E-state index is 11.4. The molecule has 1 N–H and O–H groups in total. The van der Waals surface area contributed by atoms with Gasteiger partial charge in [0.2, 0.25) is 0 Å². The summed E-state index contributed by atoms with van der Waals surface area (Å²) < 4.78 is 13.3. The Balaban J connectivity index is 2.04. The molecule has 6 nitrogen and oxygen atoms in total. The molecule has 0 bridgehead atoms. The molecule has 0 radical (unpaired) electrons. The predicted octanol–water partition coefficient (Wildman–Crippen LogP) is 4.37. The van der Waals surface area contributed by atoms with Gasteiger partial charge in [-0.15, -0.1) is 0 Å². The minimum atomic E-state index is -0.913. The fourth-order valence-corrected chi connectivity index (χ4v) is 2.95. The first-order valence-electron chi connectivity index (χ1n) is 9.21. The third-order valence-corrected chi connectivity index (χ3v) is 4.21. The summed E-state index contributed by atoms with van der Waals surface area (Å²) in [4.78, 5) is 16.0. The third kappa shape index (κ3) is 4.22. The molecule has 0 amide bonds. The lowest BCUT2D eigenvalue weighted by atomic mass is 10.2. The van der Waals surface area contributed by atoms with E-state index < -0.39 is 5.97 Å². The van der Waals surface area contributed by atoms with Crippen LogP contribution in [-0.2, 0) is 11.3 Å². The van der Waals surface area contributed by atoms with E-state index in [1.54, 1.807) is 4.57 Å². The second-order valence-electron chi connectivity index (χ2n) is 6.20. The number of aromatic nitrogens is 2. The van der Waals surface area contributed by atoms with Gasteiger partial charge in [-0.2, -0.15) is 0 Å². The average molecular weight is 368 g/mol. The summed E-state index contributed by atoms with van der Waals surface area (Å²) in [6.45, 7) is 5.02. The van der Waals surface area contributed by atoms with Gasteiger partial charge in [0.15, 0.2) is 11.5 Å². The molecule has 0 aliphatic heterocycles. The van der Waals surface area contributed by atoms with Crippen molar-refractivity contribution >= 4 is 17.0 Å². The maximum Gasteiger partial charge on any atom is 0.323 e. The summed E-state index contributed by atoms with van der Waals surface area (Å²) in [6.07, 6.45) is 2.03. The predicted molar refractivity (Wildman–Crippen MR) is 104 cm³/mol. The molecule has 1 heterocycles. The van der Waals surface area contributed by atoms with Crippen molar-refractivity contribution in [1.82, 2.24) is 9.55 Å². The number of hydrogen-bond donors (Lipinski definition) is 1. The van der Waals surface area contributed by atoms with E-state index in [-0.39, 0.29) is 6.54 Å². The van der Waals surface area contributed by atoms with E-state index in [2.05, 4.69) is 11.9 Å². The third-order valence-electron chi connectivity index (χ3n) is 4.21. The van der Waals surface area contributed by atoms with Gasteiger partial charge in [0.1, 0.15) is 12.4 Å². The number of para-hydroxylation sites is 2. The van der Waals surface area contributed by atoms with E-state index in [1.807, 2.05) is 49.4 Å². The zero-order valence-corrected chi connectivity index (χ0v) is 15.6. The molecule has 0 aliphatic carbocycles. The van der Waals surface area contributed by atoms with Crippen LogP contribution in [0.2, 0.25) is 0 Å². The van der Waals surface area contributed by atoms with Crippen molar-refractivity contribution < 1.29 is 19.4 Å². The van der Waals surface area contributed by atoms with E-state index in [0.29, 0.717) is 30.5 Å². The molecule has 0 unspecified atom stereocenters. The fraction of sp³-hybridized carbons (Fsp3) is 0.333. The van der Waals surface area contributed by atoms with Gasteiger partial charge in [0, 0.05) is 5.56 Å². The number of benzene rings is 2. The molecule has 3 aromatic rings. The normalized spacial score (nSPS) is 10.9. The van der Waals surface area contributed by atoms with Crippen LogP contribution in [0.5, 0.6) is 11.5 Å². The highest BCUT2D eigenvalue weighted by atomic mass is 16.5. The molecule has 2 aromatic carbocycles. The van der Waals surface area contributed by atoms with Crippen molar-refractivity contribution in [2.24, 2.45) is 0 Å². The fourth-order valence-electron chi connectivity index (χ4n) is 2.95. The van der Waals surface area contributed by atoms with Crippen LogP contribution >= 0.6 is 0 Å². The standard InChI is InChI=1S/C21H24N2O4/c1-3-5-12-27-18-11-10-15(13-19(18)26-4-2)21-22-16-8-6-7-9-17(16)23(21)14-20(24)25/h6-11,13H,3-5,12,14H2,1-2H3,(H,24,25). The van der Waals surface area contributed by atoms with Crippen LogP contribution in [0.25, 0.3) is 22.4 Å². The van der Waals surface area contributed by atoms with Crippen molar-refractivity contribution in [1.29, 1.82) is 0 Å². The zero-order chi connectivity index (χ0) is 19.2. The van der Waals surface area contributed by atoms with Gasteiger partial charge in [0.25, 0.3) is 0 Å². The molecular formula is C21H24N2O4. The largest absolute Gasteiger partial charge is 0.490 e. The molecule has 0 aliphatic rings. The van der Waals surface area contributed by atoms with E-state index in [0.717, 1.165) is 29.4 Å². The second-order valence-corrected chi connectivity index (χ2v) is 6.20. The molecule has 0 atom stereocenters. The van der Waals surface area contributed by atoms with Crippen molar-refractivity contribution in [3.8, 4) is 22.9 Å².